The SMILES string of the molecule is C[C@H]1C(S[C@@H]2CN[C@H](C(O)Cc3ccc(CN)c4ccccc34)C2)=C(C(=O)O)N2C(=O)[C@@H](CCO)[C@@H]12. The zero-order valence-corrected chi connectivity index (χ0v) is 21.1. The zero-order valence-electron chi connectivity index (χ0n) is 20.3. The summed E-state index contributed by atoms with van der Waals surface area (Å²) in [6, 6.07) is 11.9. The molecule has 2 saturated heterocycles. The molecular weight excluding hydrogens is 478 g/mol. The molecular formula is C27H33N3O5S. The number of fused-ring (bicyclic) bond motifs is 2. The molecule has 36 heavy (non-hydrogen) atoms. The lowest BCUT2D eigenvalue weighted by Crippen LogP contribution is -2.60. The highest BCUT2D eigenvalue weighted by Crippen LogP contribution is 2.51. The second kappa shape index (κ2) is 10.1. The number of aliphatic carboxylic acids is 1. The second-order valence-corrected chi connectivity index (χ2v) is 11.4. The minimum Gasteiger partial charge on any atom is -0.477 e. The Kier molecular flexibility index (Phi) is 7.11. The van der Waals surface area contributed by atoms with E-state index < -0.39 is 12.1 Å². The quantitative estimate of drug-likeness (QED) is 0.322. The maximum Gasteiger partial charge on any atom is 0.353 e. The Morgan fingerprint density at radius 1 is 1.22 bits per heavy atom. The van der Waals surface area contributed by atoms with Crippen LogP contribution in [0.3, 0.4) is 0 Å². The highest BCUT2D eigenvalue weighted by molar-refractivity contribution is 8.03. The molecule has 0 spiro atoms. The molecule has 0 aromatic heterocycles. The third-order valence-electron chi connectivity index (χ3n) is 7.94. The number of hydrogen-bond acceptors (Lipinski definition) is 7. The van der Waals surface area contributed by atoms with Crippen LogP contribution >= 0.6 is 11.8 Å². The fourth-order valence-corrected chi connectivity index (χ4v) is 7.63. The highest BCUT2D eigenvalue weighted by Gasteiger charge is 2.58. The van der Waals surface area contributed by atoms with Crippen LogP contribution in [0.15, 0.2) is 47.0 Å². The minimum atomic E-state index is -1.09. The van der Waals surface area contributed by atoms with Crippen molar-refractivity contribution in [2.75, 3.05) is 13.2 Å². The Bertz CT molecular complexity index is 1220. The lowest BCUT2D eigenvalue weighted by Gasteiger charge is -2.45. The zero-order chi connectivity index (χ0) is 25.6. The highest BCUT2D eigenvalue weighted by atomic mass is 32.2. The first-order chi connectivity index (χ1) is 17.3. The Hall–Kier alpha value is -2.43. The van der Waals surface area contributed by atoms with Gasteiger partial charge < -0.3 is 31.3 Å². The van der Waals surface area contributed by atoms with Gasteiger partial charge in [-0.3, -0.25) is 4.79 Å². The van der Waals surface area contributed by atoms with E-state index in [0.29, 0.717) is 32.4 Å². The van der Waals surface area contributed by atoms with Gasteiger partial charge >= 0.3 is 5.97 Å². The summed E-state index contributed by atoms with van der Waals surface area (Å²) in [5.74, 6) is -1.71. The Balaban J connectivity index is 1.28. The number of nitrogens with one attached hydrogen (secondary N) is 1. The summed E-state index contributed by atoms with van der Waals surface area (Å²) in [4.78, 5) is 26.8. The predicted molar refractivity (Wildman–Crippen MR) is 139 cm³/mol. The maximum absolute atomic E-state index is 12.6. The molecule has 8 nitrogen and oxygen atoms in total. The van der Waals surface area contributed by atoms with Crippen LogP contribution in [0, 0.1) is 11.8 Å². The van der Waals surface area contributed by atoms with Gasteiger partial charge in [0.1, 0.15) is 5.70 Å². The number of carboxylic acids is 1. The van der Waals surface area contributed by atoms with Crippen molar-refractivity contribution in [3.05, 3.63) is 58.1 Å². The normalized spacial score (nSPS) is 28.5. The van der Waals surface area contributed by atoms with Gasteiger partial charge in [0.15, 0.2) is 0 Å². The Labute approximate surface area is 214 Å². The molecule has 192 valence electrons. The summed E-state index contributed by atoms with van der Waals surface area (Å²) in [6.07, 6.45) is 0.974. The molecule has 0 saturated carbocycles. The van der Waals surface area contributed by atoms with Crippen LogP contribution in [0.2, 0.25) is 0 Å². The summed E-state index contributed by atoms with van der Waals surface area (Å²) in [7, 11) is 0. The number of hydrogen-bond donors (Lipinski definition) is 5. The molecule has 0 bridgehead atoms. The predicted octanol–water partition coefficient (Wildman–Crippen LogP) is 1.82. The third kappa shape index (κ3) is 4.22. The summed E-state index contributed by atoms with van der Waals surface area (Å²) < 4.78 is 0. The number of carbonyl (C=O) groups is 2. The third-order valence-corrected chi connectivity index (χ3v) is 9.46. The van der Waals surface area contributed by atoms with Crippen molar-refractivity contribution in [2.24, 2.45) is 17.6 Å². The molecule has 6 N–H and O–H groups in total. The average Bonchev–Trinajstić information content (AvgIpc) is 3.44. The number of nitrogens with two attached hydrogens (primary N) is 1. The van der Waals surface area contributed by atoms with Gasteiger partial charge in [-0.1, -0.05) is 43.3 Å². The van der Waals surface area contributed by atoms with Gasteiger partial charge in [0.25, 0.3) is 0 Å². The first kappa shape index (κ1) is 25.2. The number of aliphatic hydroxyl groups is 2. The maximum atomic E-state index is 12.6. The van der Waals surface area contributed by atoms with E-state index in [1.54, 1.807) is 0 Å². The molecule has 5 rings (SSSR count). The number of amides is 1. The molecule has 2 fully saturated rings. The first-order valence-electron chi connectivity index (χ1n) is 12.5. The molecule has 3 aliphatic rings. The number of carbonyl (C=O) groups excluding carboxylic acids is 1. The van der Waals surface area contributed by atoms with E-state index in [9.17, 15) is 24.9 Å². The van der Waals surface area contributed by atoms with Crippen molar-refractivity contribution in [1.29, 1.82) is 0 Å². The Morgan fingerprint density at radius 3 is 2.58 bits per heavy atom. The number of β-lactam (4-membered cyclic amide) rings is 1. The van der Waals surface area contributed by atoms with Crippen molar-refractivity contribution in [3.8, 4) is 0 Å². The van der Waals surface area contributed by atoms with Crippen molar-refractivity contribution in [3.63, 3.8) is 0 Å². The van der Waals surface area contributed by atoms with Crippen molar-refractivity contribution in [1.82, 2.24) is 10.2 Å². The summed E-state index contributed by atoms with van der Waals surface area (Å²) in [5.41, 5.74) is 8.15. The smallest absolute Gasteiger partial charge is 0.353 e. The molecule has 6 atom stereocenters. The molecule has 9 heteroatoms. The van der Waals surface area contributed by atoms with Crippen molar-refractivity contribution >= 4 is 34.4 Å². The van der Waals surface area contributed by atoms with Crippen molar-refractivity contribution < 1.29 is 24.9 Å². The monoisotopic (exact) mass is 511 g/mol. The standard InChI is InChI=1S/C27H33N3O5S/c1-14-23-20(8-9-31)26(33)30(23)24(27(34)35)25(14)36-17-11-21(29-13-17)22(32)10-15-6-7-16(12-28)19-5-3-2-4-18(15)19/h2-7,14,17,20-23,29,31-32H,8-13,28H2,1H3,(H,34,35)/t14-,17+,20+,21+,22?,23-/m1/s1. The number of nitrogens with zero attached hydrogens (tertiary/aromatic N) is 1. The molecule has 3 heterocycles. The van der Waals surface area contributed by atoms with E-state index in [4.69, 9.17) is 5.73 Å². The fourth-order valence-electron chi connectivity index (χ4n) is 6.14. The minimum absolute atomic E-state index is 0.0886. The average molecular weight is 512 g/mol. The van der Waals surface area contributed by atoms with Gasteiger partial charge in [-0.2, -0.15) is 0 Å². The summed E-state index contributed by atoms with van der Waals surface area (Å²) in [5, 5.41) is 36.0. The number of thioether (sulfide) groups is 1. The van der Waals surface area contributed by atoms with E-state index in [-0.39, 0.29) is 47.4 Å². The van der Waals surface area contributed by atoms with Gasteiger partial charge in [0.2, 0.25) is 5.91 Å². The van der Waals surface area contributed by atoms with E-state index in [0.717, 1.165) is 26.8 Å². The topological polar surface area (TPSA) is 136 Å². The molecule has 0 aliphatic carbocycles. The molecule has 0 radical (unpaired) electrons. The van der Waals surface area contributed by atoms with E-state index in [1.807, 2.05) is 31.2 Å². The van der Waals surface area contributed by atoms with E-state index in [1.165, 1.54) is 16.7 Å². The number of benzene rings is 2. The number of aliphatic hydroxyl groups excluding tert-OH is 2. The van der Waals surface area contributed by atoms with Crippen LogP contribution in [-0.2, 0) is 22.6 Å². The van der Waals surface area contributed by atoms with Gasteiger partial charge in [-0.25, -0.2) is 4.79 Å². The van der Waals surface area contributed by atoms with Crippen LogP contribution in [0.5, 0.6) is 0 Å². The van der Waals surface area contributed by atoms with E-state index >= 15 is 0 Å². The van der Waals surface area contributed by atoms with Gasteiger partial charge in [0, 0.05) is 48.2 Å². The lowest BCUT2D eigenvalue weighted by atomic mass is 9.80. The van der Waals surface area contributed by atoms with Crippen LogP contribution < -0.4 is 11.1 Å². The second-order valence-electron chi connectivity index (χ2n) is 10.0. The van der Waals surface area contributed by atoms with Crippen LogP contribution in [0.25, 0.3) is 10.8 Å². The summed E-state index contributed by atoms with van der Waals surface area (Å²) >= 11 is 1.52. The van der Waals surface area contributed by atoms with Crippen LogP contribution in [0.4, 0.5) is 0 Å². The van der Waals surface area contributed by atoms with E-state index in [2.05, 4.69) is 17.4 Å². The largest absolute Gasteiger partial charge is 0.477 e. The first-order valence-corrected chi connectivity index (χ1v) is 13.4. The lowest BCUT2D eigenvalue weighted by molar-refractivity contribution is -0.157. The van der Waals surface area contributed by atoms with Crippen LogP contribution in [-0.4, -0.2) is 68.7 Å². The van der Waals surface area contributed by atoms with Crippen LogP contribution in [0.1, 0.15) is 30.9 Å². The molecule has 1 unspecified atom stereocenters. The number of carboxylic acid groups (broad SMARTS) is 1. The van der Waals surface area contributed by atoms with Gasteiger partial charge in [-0.15, -0.1) is 11.8 Å². The van der Waals surface area contributed by atoms with Gasteiger partial charge in [0.05, 0.1) is 18.1 Å². The molecule has 3 aliphatic heterocycles. The van der Waals surface area contributed by atoms with Gasteiger partial charge in [-0.05, 0) is 34.7 Å². The number of rotatable bonds is 9. The summed E-state index contributed by atoms with van der Waals surface area (Å²) in [6.45, 7) is 3.00. The Morgan fingerprint density at radius 2 is 1.92 bits per heavy atom. The molecule has 2 aromatic carbocycles. The fraction of sp³-hybridized carbons (Fsp3) is 0.481. The molecule has 1 amide bonds. The molecule has 2 aromatic rings. The van der Waals surface area contributed by atoms with Crippen molar-refractivity contribution in [2.45, 2.75) is 56.2 Å².